The quantitative estimate of drug-likeness (QED) is 0.598. The number of carbonyl (C=O) groups excluding carboxylic acids is 1. The van der Waals surface area contributed by atoms with Gasteiger partial charge in [0.2, 0.25) is 6.41 Å². The van der Waals surface area contributed by atoms with Gasteiger partial charge in [0.05, 0.1) is 4.21 Å². The van der Waals surface area contributed by atoms with Crippen LogP contribution in [0, 0.1) is 0 Å². The van der Waals surface area contributed by atoms with Gasteiger partial charge in [-0.1, -0.05) is 6.92 Å². The number of fused-ring (bicyclic) bond motifs is 1. The lowest BCUT2D eigenvalue weighted by Gasteiger charge is -2.12. The summed E-state index contributed by atoms with van der Waals surface area (Å²) in [6.45, 7) is 3.94. The van der Waals surface area contributed by atoms with Crippen molar-refractivity contribution in [2.24, 2.45) is 0 Å². The normalized spacial score (nSPS) is 15.9. The monoisotopic (exact) mass is 241 g/mol. The Morgan fingerprint density at radius 1 is 1.53 bits per heavy atom. The minimum absolute atomic E-state index is 0.878. The Morgan fingerprint density at radius 2 is 2.33 bits per heavy atom. The SMILES string of the molecule is CCSc1cc2c(s1)CCN(C=O)CC2. The van der Waals surface area contributed by atoms with Crippen LogP contribution in [-0.2, 0) is 17.6 Å². The van der Waals surface area contributed by atoms with E-state index in [2.05, 4.69) is 13.0 Å². The molecule has 0 aromatic carbocycles. The minimum atomic E-state index is 0.878. The third-order valence-electron chi connectivity index (χ3n) is 2.60. The van der Waals surface area contributed by atoms with E-state index in [1.165, 1.54) is 14.6 Å². The average molecular weight is 241 g/mol. The molecule has 0 unspecified atom stereocenters. The van der Waals surface area contributed by atoms with Gasteiger partial charge in [0.25, 0.3) is 0 Å². The standard InChI is InChI=1S/C11H15NOS2/c1-2-14-11-7-9-3-5-12(8-13)6-4-10(9)15-11/h7-8H,2-6H2,1H3. The summed E-state index contributed by atoms with van der Waals surface area (Å²) in [6.07, 6.45) is 3.02. The number of hydrogen-bond acceptors (Lipinski definition) is 3. The van der Waals surface area contributed by atoms with Crippen molar-refractivity contribution in [3.63, 3.8) is 0 Å². The van der Waals surface area contributed by atoms with Crippen molar-refractivity contribution in [2.75, 3.05) is 18.8 Å². The molecule has 15 heavy (non-hydrogen) atoms. The molecule has 4 heteroatoms. The van der Waals surface area contributed by atoms with Crippen LogP contribution < -0.4 is 0 Å². The summed E-state index contributed by atoms with van der Waals surface area (Å²) in [7, 11) is 0. The van der Waals surface area contributed by atoms with Crippen LogP contribution in [0.15, 0.2) is 10.3 Å². The molecule has 1 aromatic heterocycles. The Balaban J connectivity index is 2.11. The zero-order valence-corrected chi connectivity index (χ0v) is 10.5. The summed E-state index contributed by atoms with van der Waals surface area (Å²) >= 11 is 3.82. The Morgan fingerprint density at radius 3 is 3.07 bits per heavy atom. The molecule has 0 atom stereocenters. The zero-order chi connectivity index (χ0) is 10.7. The highest BCUT2D eigenvalue weighted by molar-refractivity contribution is 8.01. The van der Waals surface area contributed by atoms with E-state index < -0.39 is 0 Å². The largest absolute Gasteiger partial charge is 0.345 e. The molecule has 0 saturated heterocycles. The van der Waals surface area contributed by atoms with E-state index in [1.807, 2.05) is 28.0 Å². The van der Waals surface area contributed by atoms with Crippen molar-refractivity contribution < 1.29 is 4.79 Å². The van der Waals surface area contributed by atoms with Crippen LogP contribution in [0.25, 0.3) is 0 Å². The first-order chi connectivity index (χ1) is 7.33. The lowest BCUT2D eigenvalue weighted by Crippen LogP contribution is -2.24. The fourth-order valence-electron chi connectivity index (χ4n) is 1.80. The zero-order valence-electron chi connectivity index (χ0n) is 8.86. The Bertz CT molecular complexity index is 323. The lowest BCUT2D eigenvalue weighted by molar-refractivity contribution is -0.118. The molecule has 0 spiro atoms. The van der Waals surface area contributed by atoms with Crippen molar-refractivity contribution in [3.8, 4) is 0 Å². The highest BCUT2D eigenvalue weighted by Gasteiger charge is 2.15. The van der Waals surface area contributed by atoms with Crippen LogP contribution in [0.4, 0.5) is 0 Å². The van der Waals surface area contributed by atoms with E-state index in [0.29, 0.717) is 0 Å². The average Bonchev–Trinajstić information content (AvgIpc) is 2.52. The molecule has 2 rings (SSSR count). The molecular weight excluding hydrogens is 226 g/mol. The second-order valence-corrected chi connectivity index (χ2v) is 6.29. The molecule has 0 radical (unpaired) electrons. The van der Waals surface area contributed by atoms with Crippen LogP contribution >= 0.6 is 23.1 Å². The Hall–Kier alpha value is -0.480. The first-order valence-corrected chi connectivity index (χ1v) is 7.07. The fraction of sp³-hybridized carbons (Fsp3) is 0.545. The molecule has 1 aliphatic rings. The first-order valence-electron chi connectivity index (χ1n) is 5.27. The van der Waals surface area contributed by atoms with Crippen LogP contribution in [0.2, 0.25) is 0 Å². The first kappa shape index (κ1) is 11.0. The van der Waals surface area contributed by atoms with E-state index in [9.17, 15) is 4.79 Å². The molecular formula is C11H15NOS2. The molecule has 0 N–H and O–H groups in total. The van der Waals surface area contributed by atoms with Gasteiger partial charge in [-0.2, -0.15) is 0 Å². The van der Waals surface area contributed by atoms with Gasteiger partial charge in [-0.15, -0.1) is 23.1 Å². The molecule has 1 amide bonds. The number of carbonyl (C=O) groups is 1. The number of amides is 1. The molecule has 0 fully saturated rings. The van der Waals surface area contributed by atoms with Gasteiger partial charge in [0.1, 0.15) is 0 Å². The van der Waals surface area contributed by atoms with Gasteiger partial charge in [0, 0.05) is 18.0 Å². The van der Waals surface area contributed by atoms with Gasteiger partial charge >= 0.3 is 0 Å². The van der Waals surface area contributed by atoms with Gasteiger partial charge in [-0.25, -0.2) is 0 Å². The molecule has 2 nitrogen and oxygen atoms in total. The van der Waals surface area contributed by atoms with Crippen molar-refractivity contribution in [3.05, 3.63) is 16.5 Å². The molecule has 1 aromatic rings. The van der Waals surface area contributed by atoms with Gasteiger partial charge in [-0.3, -0.25) is 4.79 Å². The number of nitrogens with zero attached hydrogens (tertiary/aromatic N) is 1. The maximum Gasteiger partial charge on any atom is 0.209 e. The molecule has 0 saturated carbocycles. The maximum atomic E-state index is 10.7. The van der Waals surface area contributed by atoms with Crippen molar-refractivity contribution in [1.82, 2.24) is 4.90 Å². The van der Waals surface area contributed by atoms with E-state index in [-0.39, 0.29) is 0 Å². The lowest BCUT2D eigenvalue weighted by atomic mass is 10.2. The topological polar surface area (TPSA) is 20.3 Å². The third-order valence-corrected chi connectivity index (χ3v) is 4.93. The summed E-state index contributed by atoms with van der Waals surface area (Å²) in [5.41, 5.74) is 1.46. The third kappa shape index (κ3) is 2.55. The Kier molecular flexibility index (Phi) is 3.70. The molecule has 1 aliphatic heterocycles. The molecule has 0 aliphatic carbocycles. The van der Waals surface area contributed by atoms with E-state index in [1.54, 1.807) is 0 Å². The van der Waals surface area contributed by atoms with E-state index >= 15 is 0 Å². The number of thiophene rings is 1. The minimum Gasteiger partial charge on any atom is -0.345 e. The fourth-order valence-corrected chi connectivity index (χ4v) is 4.13. The summed E-state index contributed by atoms with van der Waals surface area (Å²) in [4.78, 5) is 14.0. The summed E-state index contributed by atoms with van der Waals surface area (Å²) in [6, 6.07) is 2.31. The van der Waals surface area contributed by atoms with Crippen molar-refractivity contribution in [2.45, 2.75) is 24.0 Å². The second-order valence-electron chi connectivity index (χ2n) is 3.59. The predicted molar refractivity (Wildman–Crippen MR) is 65.8 cm³/mol. The molecule has 82 valence electrons. The van der Waals surface area contributed by atoms with Gasteiger partial charge in [-0.05, 0) is 30.2 Å². The van der Waals surface area contributed by atoms with Gasteiger partial charge in [0.15, 0.2) is 0 Å². The highest BCUT2D eigenvalue weighted by atomic mass is 32.2. The molecule has 2 heterocycles. The van der Waals surface area contributed by atoms with E-state index in [0.717, 1.165) is 38.1 Å². The molecule has 0 bridgehead atoms. The van der Waals surface area contributed by atoms with Crippen LogP contribution in [-0.4, -0.2) is 30.2 Å². The summed E-state index contributed by atoms with van der Waals surface area (Å²) in [5, 5.41) is 0. The van der Waals surface area contributed by atoms with Crippen molar-refractivity contribution >= 4 is 29.5 Å². The summed E-state index contributed by atoms with van der Waals surface area (Å²) < 4.78 is 1.43. The van der Waals surface area contributed by atoms with E-state index in [4.69, 9.17) is 0 Å². The van der Waals surface area contributed by atoms with Gasteiger partial charge < -0.3 is 4.90 Å². The summed E-state index contributed by atoms with van der Waals surface area (Å²) in [5.74, 6) is 1.14. The number of thioether (sulfide) groups is 1. The Labute approximate surface area is 98.7 Å². The van der Waals surface area contributed by atoms with Crippen LogP contribution in [0.3, 0.4) is 0 Å². The van der Waals surface area contributed by atoms with Crippen LogP contribution in [0.1, 0.15) is 17.4 Å². The second kappa shape index (κ2) is 5.03. The number of hydrogen-bond donors (Lipinski definition) is 0. The predicted octanol–water partition coefficient (Wildman–Crippen LogP) is 2.42. The van der Waals surface area contributed by atoms with Crippen LogP contribution in [0.5, 0.6) is 0 Å². The highest BCUT2D eigenvalue weighted by Crippen LogP contribution is 2.32. The van der Waals surface area contributed by atoms with Crippen molar-refractivity contribution in [1.29, 1.82) is 0 Å². The maximum absolute atomic E-state index is 10.7. The number of rotatable bonds is 3. The smallest absolute Gasteiger partial charge is 0.209 e.